The number of carbonyl (C=O) groups is 1. The van der Waals surface area contributed by atoms with E-state index in [0.29, 0.717) is 24.0 Å². The number of nitrogens with zero attached hydrogens (tertiary/aromatic N) is 2. The van der Waals surface area contributed by atoms with Crippen LogP contribution in [0.4, 0.5) is 0 Å². The normalized spacial score (nSPS) is 19.2. The molecule has 1 aliphatic rings. The number of hydrogen-bond donors (Lipinski definition) is 1. The van der Waals surface area contributed by atoms with E-state index in [1.807, 2.05) is 12.1 Å². The molecular weight excluding hydrogens is 262 g/mol. The van der Waals surface area contributed by atoms with Gasteiger partial charge in [-0.3, -0.25) is 14.7 Å². The summed E-state index contributed by atoms with van der Waals surface area (Å²) in [4.78, 5) is 17.9. The first-order valence-electron chi connectivity index (χ1n) is 6.69. The van der Waals surface area contributed by atoms with Crippen LogP contribution in [0.1, 0.15) is 32.4 Å². The highest BCUT2D eigenvalue weighted by Crippen LogP contribution is 2.17. The second-order valence-electron chi connectivity index (χ2n) is 5.26. The summed E-state index contributed by atoms with van der Waals surface area (Å²) in [5, 5.41) is 3.70. The van der Waals surface area contributed by atoms with Gasteiger partial charge in [0, 0.05) is 37.8 Å². The van der Waals surface area contributed by atoms with Crippen LogP contribution in [0, 0.1) is 0 Å². The van der Waals surface area contributed by atoms with E-state index < -0.39 is 0 Å². The molecule has 2 rings (SSSR count). The van der Waals surface area contributed by atoms with Gasteiger partial charge in [0.05, 0.1) is 10.7 Å². The number of hydrogen-bond acceptors (Lipinski definition) is 3. The number of halogens is 1. The first-order valence-corrected chi connectivity index (χ1v) is 7.07. The molecule has 5 heteroatoms. The number of amides is 1. The Balaban J connectivity index is 2.00. The van der Waals surface area contributed by atoms with Crippen molar-refractivity contribution in [2.24, 2.45) is 0 Å². The van der Waals surface area contributed by atoms with Gasteiger partial charge in [-0.1, -0.05) is 11.6 Å². The number of pyridine rings is 1. The van der Waals surface area contributed by atoms with Crippen LogP contribution in [-0.4, -0.2) is 34.4 Å². The minimum Gasteiger partial charge on any atom is -0.352 e. The fourth-order valence-corrected chi connectivity index (χ4v) is 2.46. The van der Waals surface area contributed by atoms with Gasteiger partial charge >= 0.3 is 0 Å². The molecule has 1 aliphatic heterocycles. The Labute approximate surface area is 119 Å². The summed E-state index contributed by atoms with van der Waals surface area (Å²) < 4.78 is 0. The monoisotopic (exact) mass is 281 g/mol. The lowest BCUT2D eigenvalue weighted by Crippen LogP contribution is -2.41. The second-order valence-corrected chi connectivity index (χ2v) is 5.67. The lowest BCUT2D eigenvalue weighted by molar-refractivity contribution is -0.119. The second kappa shape index (κ2) is 6.35. The third kappa shape index (κ3) is 3.91. The summed E-state index contributed by atoms with van der Waals surface area (Å²) in [6.07, 6.45) is 3.32. The van der Waals surface area contributed by atoms with E-state index in [4.69, 9.17) is 11.6 Å². The molecule has 0 saturated carbocycles. The van der Waals surface area contributed by atoms with E-state index >= 15 is 0 Å². The molecule has 0 spiro atoms. The zero-order valence-electron chi connectivity index (χ0n) is 11.4. The summed E-state index contributed by atoms with van der Waals surface area (Å²) in [5.41, 5.74) is 0.891. The molecule has 1 saturated heterocycles. The lowest BCUT2D eigenvalue weighted by Gasteiger charge is -2.29. The molecule has 1 unspecified atom stereocenters. The van der Waals surface area contributed by atoms with E-state index in [1.54, 1.807) is 6.20 Å². The molecule has 1 fully saturated rings. The predicted molar refractivity (Wildman–Crippen MR) is 76.0 cm³/mol. The highest BCUT2D eigenvalue weighted by atomic mass is 35.5. The van der Waals surface area contributed by atoms with Gasteiger partial charge in [-0.25, -0.2) is 0 Å². The summed E-state index contributed by atoms with van der Waals surface area (Å²) in [5.74, 6) is 0.157. The van der Waals surface area contributed by atoms with Crippen molar-refractivity contribution in [3.63, 3.8) is 0 Å². The predicted octanol–water partition coefficient (Wildman–Crippen LogP) is 2.22. The maximum absolute atomic E-state index is 11.3. The van der Waals surface area contributed by atoms with Crippen molar-refractivity contribution < 1.29 is 4.79 Å². The summed E-state index contributed by atoms with van der Waals surface area (Å²) in [6.45, 7) is 5.85. The number of aromatic nitrogens is 1. The average molecular weight is 282 g/mol. The summed E-state index contributed by atoms with van der Waals surface area (Å²) in [7, 11) is 0. The minimum atomic E-state index is 0.157. The largest absolute Gasteiger partial charge is 0.352 e. The van der Waals surface area contributed by atoms with E-state index in [0.717, 1.165) is 18.7 Å². The van der Waals surface area contributed by atoms with Crippen molar-refractivity contribution in [3.05, 3.63) is 29.0 Å². The molecule has 104 valence electrons. The molecular formula is C14H20ClN3O. The topological polar surface area (TPSA) is 45.2 Å². The van der Waals surface area contributed by atoms with Crippen LogP contribution >= 0.6 is 11.6 Å². The molecule has 2 heterocycles. The summed E-state index contributed by atoms with van der Waals surface area (Å²) in [6, 6.07) is 4.33. The molecule has 1 N–H and O–H groups in total. The Morgan fingerprint density at radius 1 is 1.58 bits per heavy atom. The van der Waals surface area contributed by atoms with Crippen LogP contribution in [0.25, 0.3) is 0 Å². The lowest BCUT2D eigenvalue weighted by atomic mass is 10.2. The average Bonchev–Trinajstić information content (AvgIpc) is 2.76. The van der Waals surface area contributed by atoms with Gasteiger partial charge in [0.25, 0.3) is 0 Å². The third-order valence-electron chi connectivity index (χ3n) is 3.46. The van der Waals surface area contributed by atoms with Gasteiger partial charge < -0.3 is 5.32 Å². The van der Waals surface area contributed by atoms with Gasteiger partial charge in [-0.15, -0.1) is 0 Å². The van der Waals surface area contributed by atoms with Gasteiger partial charge in [-0.2, -0.15) is 0 Å². The van der Waals surface area contributed by atoms with Crippen LogP contribution in [0.15, 0.2) is 18.3 Å². The first-order chi connectivity index (χ1) is 9.06. The van der Waals surface area contributed by atoms with Crippen LogP contribution in [0.2, 0.25) is 5.02 Å². The minimum absolute atomic E-state index is 0.157. The van der Waals surface area contributed by atoms with Crippen molar-refractivity contribution in [3.8, 4) is 0 Å². The number of carbonyl (C=O) groups excluding carboxylic acids is 1. The van der Waals surface area contributed by atoms with Crippen LogP contribution < -0.4 is 5.32 Å². The Morgan fingerprint density at radius 2 is 2.37 bits per heavy atom. The van der Waals surface area contributed by atoms with Gasteiger partial charge in [0.1, 0.15) is 0 Å². The standard InChI is InChI=1S/C14H20ClN3O/c1-10(2)18(8-11-5-6-14(19)17-11)9-13-12(15)4-3-7-16-13/h3-4,7,10-11H,5-6,8-9H2,1-2H3,(H,17,19). The highest BCUT2D eigenvalue weighted by molar-refractivity contribution is 6.31. The Bertz CT molecular complexity index is 450. The van der Waals surface area contributed by atoms with Gasteiger partial charge in [0.15, 0.2) is 0 Å². The Morgan fingerprint density at radius 3 is 2.95 bits per heavy atom. The van der Waals surface area contributed by atoms with Crippen molar-refractivity contribution in [1.82, 2.24) is 15.2 Å². The Kier molecular flexibility index (Phi) is 4.77. The van der Waals surface area contributed by atoms with E-state index in [1.165, 1.54) is 0 Å². The van der Waals surface area contributed by atoms with Crippen LogP contribution in [0.5, 0.6) is 0 Å². The molecule has 19 heavy (non-hydrogen) atoms. The van der Waals surface area contributed by atoms with Crippen molar-refractivity contribution in [2.75, 3.05) is 6.54 Å². The van der Waals surface area contributed by atoms with Crippen LogP contribution in [0.3, 0.4) is 0 Å². The zero-order chi connectivity index (χ0) is 13.8. The quantitative estimate of drug-likeness (QED) is 0.900. The molecule has 4 nitrogen and oxygen atoms in total. The van der Waals surface area contributed by atoms with Crippen molar-refractivity contribution >= 4 is 17.5 Å². The fraction of sp³-hybridized carbons (Fsp3) is 0.571. The molecule has 1 amide bonds. The molecule has 0 aliphatic carbocycles. The maximum atomic E-state index is 11.3. The SMILES string of the molecule is CC(C)N(Cc1ncccc1Cl)CC1CCC(=O)N1. The molecule has 0 bridgehead atoms. The first kappa shape index (κ1) is 14.3. The third-order valence-corrected chi connectivity index (χ3v) is 3.80. The van der Waals surface area contributed by atoms with Gasteiger partial charge in [0.2, 0.25) is 5.91 Å². The zero-order valence-corrected chi connectivity index (χ0v) is 12.2. The molecule has 1 aromatic heterocycles. The number of nitrogens with one attached hydrogen (secondary N) is 1. The maximum Gasteiger partial charge on any atom is 0.220 e. The molecule has 0 aromatic carbocycles. The molecule has 1 atom stereocenters. The fourth-order valence-electron chi connectivity index (χ4n) is 2.28. The van der Waals surface area contributed by atoms with E-state index in [9.17, 15) is 4.79 Å². The van der Waals surface area contributed by atoms with E-state index in [2.05, 4.69) is 29.0 Å². The van der Waals surface area contributed by atoms with Crippen LogP contribution in [-0.2, 0) is 11.3 Å². The smallest absolute Gasteiger partial charge is 0.220 e. The van der Waals surface area contributed by atoms with Crippen molar-refractivity contribution in [2.45, 2.75) is 45.3 Å². The number of rotatable bonds is 5. The van der Waals surface area contributed by atoms with E-state index in [-0.39, 0.29) is 11.9 Å². The summed E-state index contributed by atoms with van der Waals surface area (Å²) >= 11 is 6.15. The molecule has 1 aromatic rings. The Hall–Kier alpha value is -1.13. The molecule has 0 radical (unpaired) electrons. The van der Waals surface area contributed by atoms with Gasteiger partial charge in [-0.05, 0) is 32.4 Å². The van der Waals surface area contributed by atoms with Crippen molar-refractivity contribution in [1.29, 1.82) is 0 Å². The highest BCUT2D eigenvalue weighted by Gasteiger charge is 2.24.